The predicted octanol–water partition coefficient (Wildman–Crippen LogP) is 5.63. The second kappa shape index (κ2) is 8.09. The van der Waals surface area contributed by atoms with Gasteiger partial charge in [-0.3, -0.25) is 0 Å². The maximum Gasteiger partial charge on any atom is 0.160 e. The van der Waals surface area contributed by atoms with Gasteiger partial charge in [0.1, 0.15) is 0 Å². The molecule has 1 aromatic rings. The highest BCUT2D eigenvalue weighted by Gasteiger charge is 2.21. The fraction of sp³-hybridized carbons (Fsp3) is 0.647. The molecule has 0 aliphatic heterocycles. The second-order valence-corrected chi connectivity index (χ2v) is 6.43. The van der Waals surface area contributed by atoms with Crippen LogP contribution in [0.15, 0.2) is 12.1 Å². The first-order chi connectivity index (χ1) is 10.1. The Bertz CT molecular complexity index is 458. The van der Waals surface area contributed by atoms with Crippen molar-refractivity contribution in [2.24, 2.45) is 5.92 Å². The molecular weight excluding hydrogens is 292 g/mol. The van der Waals surface area contributed by atoms with Crippen LogP contribution in [0.4, 0.5) is 8.78 Å². The maximum absolute atomic E-state index is 13.5. The van der Waals surface area contributed by atoms with Crippen LogP contribution in [0, 0.1) is 17.6 Å². The minimum atomic E-state index is -0.881. The van der Waals surface area contributed by atoms with Crippen molar-refractivity contribution in [1.82, 2.24) is 5.32 Å². The standard InChI is InChI=1S/C17H24ClF2N/c1-2-9-21-17(8-7-12-5-3-4-6-12)13-10-15(19)16(20)11-14(13)18/h10-12,17,21H,2-9H2,1H3. The van der Waals surface area contributed by atoms with E-state index in [9.17, 15) is 8.78 Å². The Kier molecular flexibility index (Phi) is 6.43. The highest BCUT2D eigenvalue weighted by Crippen LogP contribution is 2.34. The fourth-order valence-electron chi connectivity index (χ4n) is 3.19. The number of hydrogen-bond acceptors (Lipinski definition) is 1. The van der Waals surface area contributed by atoms with Gasteiger partial charge in [-0.2, -0.15) is 0 Å². The second-order valence-electron chi connectivity index (χ2n) is 6.02. The fourth-order valence-corrected chi connectivity index (χ4v) is 3.47. The third-order valence-electron chi connectivity index (χ3n) is 4.39. The third kappa shape index (κ3) is 4.65. The van der Waals surface area contributed by atoms with Crippen LogP contribution >= 0.6 is 11.6 Å². The van der Waals surface area contributed by atoms with Crippen LogP contribution in [0.2, 0.25) is 5.02 Å². The number of nitrogens with one attached hydrogen (secondary N) is 1. The van der Waals surface area contributed by atoms with Gasteiger partial charge >= 0.3 is 0 Å². The van der Waals surface area contributed by atoms with Crippen LogP contribution < -0.4 is 5.32 Å². The van der Waals surface area contributed by atoms with E-state index >= 15 is 0 Å². The molecule has 118 valence electrons. The van der Waals surface area contributed by atoms with Gasteiger partial charge in [-0.05, 0) is 49.4 Å². The van der Waals surface area contributed by atoms with Crippen molar-refractivity contribution < 1.29 is 8.78 Å². The van der Waals surface area contributed by atoms with Crippen LogP contribution in [0.1, 0.15) is 63.5 Å². The predicted molar refractivity (Wildman–Crippen MR) is 83.6 cm³/mol. The van der Waals surface area contributed by atoms with E-state index in [0.29, 0.717) is 10.6 Å². The molecule has 2 rings (SSSR count). The first-order valence-corrected chi connectivity index (χ1v) is 8.37. The summed E-state index contributed by atoms with van der Waals surface area (Å²) in [5.74, 6) is -0.924. The van der Waals surface area contributed by atoms with Crippen molar-refractivity contribution in [1.29, 1.82) is 0 Å². The first-order valence-electron chi connectivity index (χ1n) is 7.99. The van der Waals surface area contributed by atoms with Gasteiger partial charge in [-0.15, -0.1) is 0 Å². The summed E-state index contributed by atoms with van der Waals surface area (Å²) in [6.07, 6.45) is 8.29. The van der Waals surface area contributed by atoms with Crippen molar-refractivity contribution in [2.75, 3.05) is 6.54 Å². The third-order valence-corrected chi connectivity index (χ3v) is 4.72. The molecule has 1 atom stereocenters. The molecule has 1 unspecified atom stereocenters. The Morgan fingerprint density at radius 3 is 2.57 bits per heavy atom. The van der Waals surface area contributed by atoms with Gasteiger partial charge in [0.05, 0.1) is 0 Å². The molecule has 0 saturated heterocycles. The lowest BCUT2D eigenvalue weighted by Gasteiger charge is -2.22. The van der Waals surface area contributed by atoms with E-state index in [4.69, 9.17) is 11.6 Å². The zero-order valence-corrected chi connectivity index (χ0v) is 13.4. The Labute approximate surface area is 131 Å². The van der Waals surface area contributed by atoms with Crippen molar-refractivity contribution >= 4 is 11.6 Å². The largest absolute Gasteiger partial charge is 0.310 e. The summed E-state index contributed by atoms with van der Waals surface area (Å²) in [6.45, 7) is 2.94. The van der Waals surface area contributed by atoms with Crippen LogP contribution in [0.5, 0.6) is 0 Å². The summed E-state index contributed by atoms with van der Waals surface area (Å²) in [5.41, 5.74) is 0.682. The molecule has 1 N–H and O–H groups in total. The quantitative estimate of drug-likeness (QED) is 0.643. The van der Waals surface area contributed by atoms with Crippen molar-refractivity contribution in [3.05, 3.63) is 34.4 Å². The van der Waals surface area contributed by atoms with Crippen LogP contribution in [-0.2, 0) is 0 Å². The monoisotopic (exact) mass is 315 g/mol. The topological polar surface area (TPSA) is 12.0 Å². The molecule has 1 saturated carbocycles. The molecule has 0 radical (unpaired) electrons. The molecule has 1 aromatic carbocycles. The molecule has 0 aromatic heterocycles. The van der Waals surface area contributed by atoms with Crippen LogP contribution in [-0.4, -0.2) is 6.54 Å². The molecular formula is C17H24ClF2N. The molecule has 0 spiro atoms. The van der Waals surface area contributed by atoms with Gasteiger partial charge in [-0.25, -0.2) is 8.78 Å². The highest BCUT2D eigenvalue weighted by atomic mass is 35.5. The molecule has 0 bridgehead atoms. The van der Waals surface area contributed by atoms with E-state index in [2.05, 4.69) is 12.2 Å². The molecule has 0 amide bonds. The summed E-state index contributed by atoms with van der Waals surface area (Å²) < 4.78 is 26.7. The summed E-state index contributed by atoms with van der Waals surface area (Å²) >= 11 is 6.12. The lowest BCUT2D eigenvalue weighted by atomic mass is 9.94. The van der Waals surface area contributed by atoms with E-state index < -0.39 is 11.6 Å². The Balaban J connectivity index is 2.08. The van der Waals surface area contributed by atoms with Gasteiger partial charge < -0.3 is 5.32 Å². The van der Waals surface area contributed by atoms with Gasteiger partial charge in [-0.1, -0.05) is 44.2 Å². The Hall–Kier alpha value is -0.670. The van der Waals surface area contributed by atoms with E-state index in [0.717, 1.165) is 37.8 Å². The molecule has 1 fully saturated rings. The summed E-state index contributed by atoms with van der Waals surface area (Å²) in [5, 5.41) is 3.74. The van der Waals surface area contributed by atoms with Crippen LogP contribution in [0.3, 0.4) is 0 Å². The summed E-state index contributed by atoms with van der Waals surface area (Å²) in [7, 11) is 0. The SMILES string of the molecule is CCCNC(CCC1CCCC1)c1cc(F)c(F)cc1Cl. The zero-order chi connectivity index (χ0) is 15.2. The first kappa shape index (κ1) is 16.7. The minimum absolute atomic E-state index is 0.00755. The van der Waals surface area contributed by atoms with E-state index in [-0.39, 0.29) is 6.04 Å². The van der Waals surface area contributed by atoms with Crippen molar-refractivity contribution in [3.63, 3.8) is 0 Å². The van der Waals surface area contributed by atoms with Crippen LogP contribution in [0.25, 0.3) is 0 Å². The Morgan fingerprint density at radius 1 is 1.24 bits per heavy atom. The lowest BCUT2D eigenvalue weighted by Crippen LogP contribution is -2.23. The molecule has 21 heavy (non-hydrogen) atoms. The van der Waals surface area contributed by atoms with Gasteiger partial charge in [0, 0.05) is 11.1 Å². The Morgan fingerprint density at radius 2 is 1.90 bits per heavy atom. The van der Waals surface area contributed by atoms with E-state index in [1.807, 2.05) is 0 Å². The minimum Gasteiger partial charge on any atom is -0.310 e. The van der Waals surface area contributed by atoms with Gasteiger partial charge in [0.2, 0.25) is 0 Å². The van der Waals surface area contributed by atoms with Gasteiger partial charge in [0.25, 0.3) is 0 Å². The summed E-state index contributed by atoms with van der Waals surface area (Å²) in [4.78, 5) is 0. The number of hydrogen-bond donors (Lipinski definition) is 1. The molecule has 4 heteroatoms. The molecule has 1 aliphatic rings. The van der Waals surface area contributed by atoms with Crippen molar-refractivity contribution in [3.8, 4) is 0 Å². The van der Waals surface area contributed by atoms with E-state index in [1.54, 1.807) is 0 Å². The molecule has 1 aliphatic carbocycles. The van der Waals surface area contributed by atoms with Crippen molar-refractivity contribution in [2.45, 2.75) is 57.9 Å². The molecule has 0 heterocycles. The average molecular weight is 316 g/mol. The number of benzene rings is 1. The summed E-state index contributed by atoms with van der Waals surface area (Å²) in [6, 6.07) is 2.34. The molecule has 1 nitrogen and oxygen atoms in total. The number of halogens is 3. The van der Waals surface area contributed by atoms with Gasteiger partial charge in [0.15, 0.2) is 11.6 Å². The lowest BCUT2D eigenvalue weighted by molar-refractivity contribution is 0.409. The smallest absolute Gasteiger partial charge is 0.160 e. The maximum atomic E-state index is 13.5. The number of rotatable bonds is 7. The van der Waals surface area contributed by atoms with E-state index in [1.165, 1.54) is 31.7 Å². The zero-order valence-electron chi connectivity index (χ0n) is 12.6. The average Bonchev–Trinajstić information content (AvgIpc) is 2.97. The highest BCUT2D eigenvalue weighted by molar-refractivity contribution is 6.31. The normalized spacial score (nSPS) is 17.3.